The topological polar surface area (TPSA) is 59.6 Å². The van der Waals surface area contributed by atoms with Crippen LogP contribution in [0.1, 0.15) is 12.8 Å². The predicted octanol–water partition coefficient (Wildman–Crippen LogP) is -0.235. The molecule has 0 aromatic heterocycles. The lowest BCUT2D eigenvalue weighted by Gasteiger charge is -2.22. The maximum absolute atomic E-state index is 11.3. The lowest BCUT2D eigenvalue weighted by Crippen LogP contribution is -2.38. The fourth-order valence-corrected chi connectivity index (χ4v) is 1.70. The van der Waals surface area contributed by atoms with E-state index in [0.29, 0.717) is 25.6 Å². The van der Waals surface area contributed by atoms with Gasteiger partial charge in [-0.25, -0.2) is 0 Å². The first-order valence-corrected chi connectivity index (χ1v) is 5.87. The molecule has 0 saturated carbocycles. The second-order valence-corrected chi connectivity index (χ2v) is 4.03. The molecule has 0 atom stereocenters. The maximum Gasteiger partial charge on any atom is 0.234 e. The minimum Gasteiger partial charge on any atom is -0.383 e. The van der Waals surface area contributed by atoms with Gasteiger partial charge in [-0.15, -0.1) is 0 Å². The van der Waals surface area contributed by atoms with E-state index in [-0.39, 0.29) is 5.91 Å². The van der Waals surface area contributed by atoms with Gasteiger partial charge in [-0.2, -0.15) is 0 Å². The monoisotopic (exact) mass is 230 g/mol. The Hall–Kier alpha value is -0.650. The molecule has 0 spiro atoms. The third kappa shape index (κ3) is 6.05. The Bertz CT molecular complexity index is 194. The molecule has 1 fully saturated rings. The highest BCUT2D eigenvalue weighted by Crippen LogP contribution is 2.12. The summed E-state index contributed by atoms with van der Waals surface area (Å²) in [5, 5.41) is 5.94. The number of carbonyl (C=O) groups excluding carboxylic acids is 1. The van der Waals surface area contributed by atoms with Crippen LogP contribution < -0.4 is 10.6 Å². The summed E-state index contributed by atoms with van der Waals surface area (Å²) in [5.74, 6) is 0.685. The largest absolute Gasteiger partial charge is 0.383 e. The molecule has 1 rings (SSSR count). The van der Waals surface area contributed by atoms with Crippen LogP contribution in [0.15, 0.2) is 0 Å². The quantitative estimate of drug-likeness (QED) is 0.593. The van der Waals surface area contributed by atoms with Gasteiger partial charge in [-0.1, -0.05) is 0 Å². The highest BCUT2D eigenvalue weighted by molar-refractivity contribution is 5.77. The maximum atomic E-state index is 11.3. The second-order valence-electron chi connectivity index (χ2n) is 4.03. The molecule has 1 aliphatic rings. The first kappa shape index (κ1) is 13.4. The number of methoxy groups -OCH3 is 1. The van der Waals surface area contributed by atoms with E-state index in [2.05, 4.69) is 10.6 Å². The Morgan fingerprint density at radius 1 is 1.44 bits per heavy atom. The zero-order valence-electron chi connectivity index (χ0n) is 9.96. The molecule has 0 aliphatic carbocycles. The van der Waals surface area contributed by atoms with Gasteiger partial charge in [0.1, 0.15) is 0 Å². The van der Waals surface area contributed by atoms with Crippen molar-refractivity contribution in [2.45, 2.75) is 12.8 Å². The number of hydrogen-bond donors (Lipinski definition) is 2. The van der Waals surface area contributed by atoms with Gasteiger partial charge in [0, 0.05) is 26.9 Å². The van der Waals surface area contributed by atoms with Crippen LogP contribution >= 0.6 is 0 Å². The minimum absolute atomic E-state index is 0.0316. The van der Waals surface area contributed by atoms with Crippen molar-refractivity contribution >= 4 is 5.91 Å². The van der Waals surface area contributed by atoms with Crippen LogP contribution in [-0.4, -0.2) is 52.5 Å². The van der Waals surface area contributed by atoms with Gasteiger partial charge >= 0.3 is 0 Å². The summed E-state index contributed by atoms with van der Waals surface area (Å²) in [7, 11) is 1.62. The summed E-state index contributed by atoms with van der Waals surface area (Å²) < 4.78 is 10.1. The van der Waals surface area contributed by atoms with Crippen molar-refractivity contribution in [2.75, 3.05) is 46.6 Å². The van der Waals surface area contributed by atoms with Gasteiger partial charge < -0.3 is 20.1 Å². The average molecular weight is 230 g/mol. The summed E-state index contributed by atoms with van der Waals surface area (Å²) in [5.41, 5.74) is 0. The molecule has 16 heavy (non-hydrogen) atoms. The number of hydrogen-bond acceptors (Lipinski definition) is 4. The van der Waals surface area contributed by atoms with Gasteiger partial charge in [0.25, 0.3) is 0 Å². The Kier molecular flexibility index (Phi) is 7.12. The third-order valence-electron chi connectivity index (χ3n) is 2.69. The standard InChI is InChI=1S/C11H22N2O3/c1-15-7-4-13-11(14)9-12-8-10-2-5-16-6-3-10/h10,12H,2-9H2,1H3,(H,13,14). The van der Waals surface area contributed by atoms with Crippen molar-refractivity contribution in [1.29, 1.82) is 0 Å². The normalized spacial score (nSPS) is 17.3. The first-order valence-electron chi connectivity index (χ1n) is 5.87. The molecule has 0 radical (unpaired) electrons. The molecule has 5 heteroatoms. The zero-order valence-corrected chi connectivity index (χ0v) is 9.96. The van der Waals surface area contributed by atoms with E-state index in [0.717, 1.165) is 32.6 Å². The highest BCUT2D eigenvalue weighted by atomic mass is 16.5. The summed E-state index contributed by atoms with van der Waals surface area (Å²) in [6, 6.07) is 0. The molecule has 94 valence electrons. The molecule has 0 aromatic rings. The number of amides is 1. The van der Waals surface area contributed by atoms with Crippen LogP contribution in [-0.2, 0) is 14.3 Å². The van der Waals surface area contributed by atoms with Crippen LogP contribution in [0.4, 0.5) is 0 Å². The van der Waals surface area contributed by atoms with E-state index in [1.54, 1.807) is 7.11 Å². The van der Waals surface area contributed by atoms with Gasteiger partial charge in [0.15, 0.2) is 0 Å². The molecule has 0 bridgehead atoms. The third-order valence-corrected chi connectivity index (χ3v) is 2.69. The van der Waals surface area contributed by atoms with Crippen LogP contribution in [0.3, 0.4) is 0 Å². The van der Waals surface area contributed by atoms with Gasteiger partial charge in [-0.05, 0) is 25.3 Å². The summed E-state index contributed by atoms with van der Waals surface area (Å²) in [4.78, 5) is 11.3. The van der Waals surface area contributed by atoms with E-state index in [9.17, 15) is 4.79 Å². The Morgan fingerprint density at radius 2 is 2.19 bits per heavy atom. The molecule has 5 nitrogen and oxygen atoms in total. The van der Waals surface area contributed by atoms with E-state index in [4.69, 9.17) is 9.47 Å². The predicted molar refractivity (Wildman–Crippen MR) is 61.3 cm³/mol. The van der Waals surface area contributed by atoms with E-state index >= 15 is 0 Å². The fraction of sp³-hybridized carbons (Fsp3) is 0.909. The van der Waals surface area contributed by atoms with Crippen LogP contribution in [0.5, 0.6) is 0 Å². The number of nitrogens with one attached hydrogen (secondary N) is 2. The summed E-state index contributed by atoms with van der Waals surface area (Å²) in [6.07, 6.45) is 2.19. The van der Waals surface area contributed by atoms with E-state index in [1.807, 2.05) is 0 Å². The van der Waals surface area contributed by atoms with Gasteiger partial charge in [-0.3, -0.25) is 4.79 Å². The molecular formula is C11H22N2O3. The van der Waals surface area contributed by atoms with Crippen LogP contribution in [0.25, 0.3) is 0 Å². The zero-order chi connectivity index (χ0) is 11.6. The number of rotatable bonds is 7. The molecule has 2 N–H and O–H groups in total. The van der Waals surface area contributed by atoms with Gasteiger partial charge in [0.05, 0.1) is 13.2 Å². The molecular weight excluding hydrogens is 208 g/mol. The highest BCUT2D eigenvalue weighted by Gasteiger charge is 2.13. The molecule has 1 saturated heterocycles. The SMILES string of the molecule is COCCNC(=O)CNCC1CCOCC1. The lowest BCUT2D eigenvalue weighted by atomic mass is 10.0. The molecule has 1 heterocycles. The van der Waals surface area contributed by atoms with Crippen molar-refractivity contribution in [2.24, 2.45) is 5.92 Å². The first-order chi connectivity index (χ1) is 7.83. The Labute approximate surface area is 96.9 Å². The van der Waals surface area contributed by atoms with E-state index < -0.39 is 0 Å². The van der Waals surface area contributed by atoms with Crippen molar-refractivity contribution < 1.29 is 14.3 Å². The van der Waals surface area contributed by atoms with Crippen molar-refractivity contribution in [3.63, 3.8) is 0 Å². The molecule has 0 aromatic carbocycles. The fourth-order valence-electron chi connectivity index (χ4n) is 1.70. The summed E-state index contributed by atoms with van der Waals surface area (Å²) in [6.45, 7) is 4.14. The smallest absolute Gasteiger partial charge is 0.234 e. The van der Waals surface area contributed by atoms with Gasteiger partial charge in [0.2, 0.25) is 5.91 Å². The van der Waals surface area contributed by atoms with Crippen LogP contribution in [0.2, 0.25) is 0 Å². The lowest BCUT2D eigenvalue weighted by molar-refractivity contribution is -0.120. The van der Waals surface area contributed by atoms with Crippen molar-refractivity contribution in [3.8, 4) is 0 Å². The van der Waals surface area contributed by atoms with Crippen LogP contribution in [0, 0.1) is 5.92 Å². The Morgan fingerprint density at radius 3 is 2.88 bits per heavy atom. The second kappa shape index (κ2) is 8.50. The number of carbonyl (C=O) groups is 1. The van der Waals surface area contributed by atoms with E-state index in [1.165, 1.54) is 0 Å². The molecule has 0 unspecified atom stereocenters. The average Bonchev–Trinajstić information content (AvgIpc) is 2.31. The molecule has 1 aliphatic heterocycles. The Balaban J connectivity index is 1.94. The van der Waals surface area contributed by atoms with Crippen molar-refractivity contribution in [1.82, 2.24) is 10.6 Å². The molecule has 1 amide bonds. The minimum atomic E-state index is 0.0316. The number of ether oxygens (including phenoxy) is 2. The van der Waals surface area contributed by atoms with Crippen molar-refractivity contribution in [3.05, 3.63) is 0 Å². The summed E-state index contributed by atoms with van der Waals surface area (Å²) >= 11 is 0.